The van der Waals surface area contributed by atoms with E-state index in [1.54, 1.807) is 42.5 Å². The number of amides is 1. The van der Waals surface area contributed by atoms with Gasteiger partial charge in [-0.3, -0.25) is 4.79 Å². The Morgan fingerprint density at radius 1 is 1.15 bits per heavy atom. The number of hydrogen-bond acceptors (Lipinski definition) is 4. The Kier molecular flexibility index (Phi) is 6.44. The molecule has 2 aromatic rings. The minimum atomic E-state index is -0.956. The van der Waals surface area contributed by atoms with Crippen LogP contribution in [0.25, 0.3) is 0 Å². The van der Waals surface area contributed by atoms with Crippen molar-refractivity contribution in [1.29, 1.82) is 0 Å². The summed E-state index contributed by atoms with van der Waals surface area (Å²) in [7, 11) is 0. The Morgan fingerprint density at radius 3 is 2.67 bits per heavy atom. The summed E-state index contributed by atoms with van der Waals surface area (Å²) in [6.45, 7) is 1.76. The number of carboxylic acids is 1. The van der Waals surface area contributed by atoms with Crippen LogP contribution in [0.2, 0.25) is 0 Å². The molecule has 2 N–H and O–H groups in total. The predicted octanol–water partition coefficient (Wildman–Crippen LogP) is 2.92. The van der Waals surface area contributed by atoms with Crippen LogP contribution in [-0.2, 0) is 11.2 Å². The molecule has 1 fully saturated rings. The lowest BCUT2D eigenvalue weighted by atomic mass is 10.1. The van der Waals surface area contributed by atoms with Crippen LogP contribution in [0.3, 0.4) is 0 Å². The van der Waals surface area contributed by atoms with Gasteiger partial charge in [-0.1, -0.05) is 12.1 Å². The molecule has 1 heterocycles. The highest BCUT2D eigenvalue weighted by molar-refractivity contribution is 5.94. The molecule has 1 atom stereocenters. The van der Waals surface area contributed by atoms with Crippen LogP contribution >= 0.6 is 0 Å². The van der Waals surface area contributed by atoms with Crippen molar-refractivity contribution in [3.05, 3.63) is 65.2 Å². The second-order valence-electron chi connectivity index (χ2n) is 6.48. The Balaban J connectivity index is 1.45. The van der Waals surface area contributed by atoms with Gasteiger partial charge in [-0.15, -0.1) is 0 Å². The molecule has 1 unspecified atom stereocenters. The zero-order valence-corrected chi connectivity index (χ0v) is 15.0. The third-order valence-electron chi connectivity index (χ3n) is 4.45. The van der Waals surface area contributed by atoms with E-state index in [4.69, 9.17) is 14.6 Å². The molecule has 0 aromatic heterocycles. The van der Waals surface area contributed by atoms with Gasteiger partial charge in [0.25, 0.3) is 5.91 Å². The second kappa shape index (κ2) is 9.19. The molecular formula is C21H23NO5. The number of hydrogen-bond donors (Lipinski definition) is 2. The number of carbonyl (C=O) groups excluding carboxylic acids is 1. The standard InChI is InChI=1S/C21H23NO5/c23-20(22-11-10-15-3-1-4-17(13-15)21(24)25)16-6-8-18(9-7-16)27-14-19-5-2-12-26-19/h1,3-4,6-9,13,19H,2,5,10-12,14H2,(H,22,23)(H,24,25). The minimum absolute atomic E-state index is 0.160. The van der Waals surface area contributed by atoms with Crippen molar-refractivity contribution < 1.29 is 24.2 Å². The van der Waals surface area contributed by atoms with E-state index in [0.29, 0.717) is 30.9 Å². The number of aromatic carboxylic acids is 1. The summed E-state index contributed by atoms with van der Waals surface area (Å²) in [5.74, 6) is -0.412. The Labute approximate surface area is 158 Å². The summed E-state index contributed by atoms with van der Waals surface area (Å²) in [4.78, 5) is 23.2. The average molecular weight is 369 g/mol. The summed E-state index contributed by atoms with van der Waals surface area (Å²) in [5, 5.41) is 11.9. The van der Waals surface area contributed by atoms with Crippen molar-refractivity contribution in [3.63, 3.8) is 0 Å². The van der Waals surface area contributed by atoms with Gasteiger partial charge in [0.1, 0.15) is 12.4 Å². The maximum Gasteiger partial charge on any atom is 0.335 e. The lowest BCUT2D eigenvalue weighted by molar-refractivity contribution is 0.0679. The summed E-state index contributed by atoms with van der Waals surface area (Å²) in [6.07, 6.45) is 2.83. The fraction of sp³-hybridized carbons (Fsp3) is 0.333. The summed E-state index contributed by atoms with van der Waals surface area (Å²) < 4.78 is 11.2. The molecule has 6 heteroatoms. The van der Waals surface area contributed by atoms with E-state index < -0.39 is 5.97 Å². The molecule has 0 radical (unpaired) electrons. The SMILES string of the molecule is O=C(O)c1cccc(CCNC(=O)c2ccc(OCC3CCCO3)cc2)c1. The molecule has 0 aliphatic carbocycles. The summed E-state index contributed by atoms with van der Waals surface area (Å²) in [5.41, 5.74) is 1.67. The zero-order valence-electron chi connectivity index (χ0n) is 15.0. The molecule has 1 aliphatic heterocycles. The first-order valence-corrected chi connectivity index (χ1v) is 9.07. The van der Waals surface area contributed by atoms with E-state index in [2.05, 4.69) is 5.32 Å². The molecule has 1 amide bonds. The van der Waals surface area contributed by atoms with Gasteiger partial charge in [0, 0.05) is 18.7 Å². The van der Waals surface area contributed by atoms with Gasteiger partial charge in [-0.05, 0) is 61.2 Å². The normalized spacial score (nSPS) is 16.1. The Morgan fingerprint density at radius 2 is 1.96 bits per heavy atom. The fourth-order valence-corrected chi connectivity index (χ4v) is 2.95. The third-order valence-corrected chi connectivity index (χ3v) is 4.45. The zero-order chi connectivity index (χ0) is 19.1. The largest absolute Gasteiger partial charge is 0.491 e. The van der Waals surface area contributed by atoms with Gasteiger partial charge in [0.15, 0.2) is 0 Å². The first-order chi connectivity index (χ1) is 13.1. The molecule has 6 nitrogen and oxygen atoms in total. The van der Waals surface area contributed by atoms with Crippen LogP contribution in [0, 0.1) is 0 Å². The highest BCUT2D eigenvalue weighted by Crippen LogP contribution is 2.16. The molecule has 0 bridgehead atoms. The molecule has 27 heavy (non-hydrogen) atoms. The van der Waals surface area contributed by atoms with Crippen molar-refractivity contribution in [2.24, 2.45) is 0 Å². The van der Waals surface area contributed by atoms with Crippen LogP contribution in [0.4, 0.5) is 0 Å². The van der Waals surface area contributed by atoms with Crippen molar-refractivity contribution >= 4 is 11.9 Å². The lowest BCUT2D eigenvalue weighted by Gasteiger charge is -2.12. The highest BCUT2D eigenvalue weighted by atomic mass is 16.5. The number of nitrogens with one attached hydrogen (secondary N) is 1. The van der Waals surface area contributed by atoms with Gasteiger partial charge >= 0.3 is 5.97 Å². The fourth-order valence-electron chi connectivity index (χ4n) is 2.95. The number of ether oxygens (including phenoxy) is 2. The molecule has 142 valence electrons. The minimum Gasteiger partial charge on any atom is -0.491 e. The van der Waals surface area contributed by atoms with Crippen molar-refractivity contribution in [3.8, 4) is 5.75 Å². The van der Waals surface area contributed by atoms with E-state index in [9.17, 15) is 9.59 Å². The Hall–Kier alpha value is -2.86. The second-order valence-corrected chi connectivity index (χ2v) is 6.48. The van der Waals surface area contributed by atoms with Crippen LogP contribution < -0.4 is 10.1 Å². The number of carboxylic acid groups (broad SMARTS) is 1. The number of benzene rings is 2. The Bertz CT molecular complexity index is 781. The van der Waals surface area contributed by atoms with Gasteiger partial charge in [-0.25, -0.2) is 4.79 Å². The maximum absolute atomic E-state index is 12.2. The smallest absolute Gasteiger partial charge is 0.335 e. The summed E-state index contributed by atoms with van der Waals surface area (Å²) >= 11 is 0. The van der Waals surface area contributed by atoms with Crippen molar-refractivity contribution in [1.82, 2.24) is 5.32 Å². The molecular weight excluding hydrogens is 346 g/mol. The van der Waals surface area contributed by atoms with Gasteiger partial charge in [0.05, 0.1) is 11.7 Å². The molecule has 3 rings (SSSR count). The topological polar surface area (TPSA) is 84.9 Å². The van der Waals surface area contributed by atoms with Gasteiger partial charge < -0.3 is 19.9 Å². The first kappa shape index (κ1) is 18.9. The van der Waals surface area contributed by atoms with Crippen LogP contribution in [-0.4, -0.2) is 42.8 Å². The first-order valence-electron chi connectivity index (χ1n) is 9.07. The van der Waals surface area contributed by atoms with Crippen LogP contribution in [0.5, 0.6) is 5.75 Å². The maximum atomic E-state index is 12.2. The van der Waals surface area contributed by atoms with Gasteiger partial charge in [0.2, 0.25) is 0 Å². The van der Waals surface area contributed by atoms with E-state index in [-0.39, 0.29) is 17.6 Å². The predicted molar refractivity (Wildman–Crippen MR) is 100 cm³/mol. The molecule has 1 saturated heterocycles. The number of rotatable bonds is 8. The highest BCUT2D eigenvalue weighted by Gasteiger charge is 2.16. The van der Waals surface area contributed by atoms with Crippen molar-refractivity contribution in [2.45, 2.75) is 25.4 Å². The van der Waals surface area contributed by atoms with E-state index in [1.165, 1.54) is 0 Å². The van der Waals surface area contributed by atoms with Crippen LogP contribution in [0.1, 0.15) is 39.1 Å². The van der Waals surface area contributed by atoms with Crippen molar-refractivity contribution in [2.75, 3.05) is 19.8 Å². The van der Waals surface area contributed by atoms with E-state index in [1.807, 2.05) is 6.07 Å². The quantitative estimate of drug-likeness (QED) is 0.747. The average Bonchev–Trinajstić information content (AvgIpc) is 3.20. The molecule has 0 saturated carbocycles. The van der Waals surface area contributed by atoms with Crippen LogP contribution in [0.15, 0.2) is 48.5 Å². The molecule has 2 aromatic carbocycles. The lowest BCUT2D eigenvalue weighted by Crippen LogP contribution is -2.25. The molecule has 0 spiro atoms. The molecule has 1 aliphatic rings. The summed E-state index contributed by atoms with van der Waals surface area (Å²) in [6, 6.07) is 13.7. The third kappa shape index (κ3) is 5.56. The van der Waals surface area contributed by atoms with E-state index in [0.717, 1.165) is 25.0 Å². The monoisotopic (exact) mass is 369 g/mol. The van der Waals surface area contributed by atoms with E-state index >= 15 is 0 Å². The van der Waals surface area contributed by atoms with Gasteiger partial charge in [-0.2, -0.15) is 0 Å². The number of carbonyl (C=O) groups is 2.